The molecule has 0 atom stereocenters. The molecule has 0 spiro atoms. The van der Waals surface area contributed by atoms with Crippen molar-refractivity contribution in [2.75, 3.05) is 13.1 Å². The number of aryl methyl sites for hydroxylation is 2. The van der Waals surface area contributed by atoms with Crippen molar-refractivity contribution in [1.82, 2.24) is 4.90 Å². The summed E-state index contributed by atoms with van der Waals surface area (Å²) in [6.07, 6.45) is 2.71. The van der Waals surface area contributed by atoms with Crippen molar-refractivity contribution in [2.24, 2.45) is 0 Å². The predicted molar refractivity (Wildman–Crippen MR) is 85.0 cm³/mol. The van der Waals surface area contributed by atoms with E-state index in [9.17, 15) is 5.11 Å². The molecule has 0 aliphatic carbocycles. The fourth-order valence-corrected chi connectivity index (χ4v) is 3.22. The molecule has 2 heteroatoms. The van der Waals surface area contributed by atoms with Gasteiger partial charge >= 0.3 is 0 Å². The molecule has 20 heavy (non-hydrogen) atoms. The van der Waals surface area contributed by atoms with Gasteiger partial charge in [-0.3, -0.25) is 4.90 Å². The molecule has 0 bridgehead atoms. The molecule has 0 aromatic heterocycles. The number of hydrogen-bond donors (Lipinski definition) is 1. The Hall–Kier alpha value is -0.860. The van der Waals surface area contributed by atoms with Crippen molar-refractivity contribution in [1.29, 1.82) is 0 Å². The highest BCUT2D eigenvalue weighted by Gasteiger charge is 2.37. The quantitative estimate of drug-likeness (QED) is 0.890. The number of aliphatic hydroxyl groups is 1. The standard InChI is InChI=1S/C18H29NO/c1-6-15-7-8-16(13-14(15)2)18(20)9-11-19(12-10-18)17(3,4)5/h7-8,13,20H,6,9-12H2,1-5H3. The second-order valence-electron chi connectivity index (χ2n) is 7.18. The molecule has 1 aromatic carbocycles. The lowest BCUT2D eigenvalue weighted by Crippen LogP contribution is -2.50. The van der Waals surface area contributed by atoms with E-state index in [-0.39, 0.29) is 5.54 Å². The van der Waals surface area contributed by atoms with Crippen LogP contribution in [-0.4, -0.2) is 28.6 Å². The van der Waals surface area contributed by atoms with Crippen LogP contribution in [0, 0.1) is 6.92 Å². The van der Waals surface area contributed by atoms with Crippen LogP contribution in [0.15, 0.2) is 18.2 Å². The van der Waals surface area contributed by atoms with Crippen molar-refractivity contribution >= 4 is 0 Å². The third-order valence-electron chi connectivity index (χ3n) is 4.80. The second-order valence-corrected chi connectivity index (χ2v) is 7.18. The zero-order valence-corrected chi connectivity index (χ0v) is 13.7. The zero-order valence-electron chi connectivity index (χ0n) is 13.7. The normalized spacial score (nSPS) is 20.1. The van der Waals surface area contributed by atoms with Gasteiger partial charge in [-0.15, -0.1) is 0 Å². The summed E-state index contributed by atoms with van der Waals surface area (Å²) in [6.45, 7) is 13.0. The van der Waals surface area contributed by atoms with E-state index >= 15 is 0 Å². The van der Waals surface area contributed by atoms with Gasteiger partial charge in [-0.05, 0) is 63.6 Å². The van der Waals surface area contributed by atoms with E-state index in [1.807, 2.05) is 0 Å². The first-order valence-electron chi connectivity index (χ1n) is 7.84. The number of nitrogens with zero attached hydrogens (tertiary/aromatic N) is 1. The molecule has 0 unspecified atom stereocenters. The molecule has 2 nitrogen and oxygen atoms in total. The Morgan fingerprint density at radius 1 is 1.20 bits per heavy atom. The highest BCUT2D eigenvalue weighted by Crippen LogP contribution is 2.35. The fourth-order valence-electron chi connectivity index (χ4n) is 3.22. The molecule has 0 amide bonds. The van der Waals surface area contributed by atoms with E-state index in [0.29, 0.717) is 0 Å². The molecule has 1 saturated heterocycles. The van der Waals surface area contributed by atoms with Gasteiger partial charge in [0.1, 0.15) is 0 Å². The van der Waals surface area contributed by atoms with Crippen molar-refractivity contribution in [3.63, 3.8) is 0 Å². The second kappa shape index (κ2) is 5.50. The molecule has 1 heterocycles. The molecule has 0 saturated carbocycles. The Kier molecular flexibility index (Phi) is 4.27. The molecule has 0 radical (unpaired) electrons. The lowest BCUT2D eigenvalue weighted by atomic mass is 9.82. The molecule has 1 N–H and O–H groups in total. The van der Waals surface area contributed by atoms with Crippen molar-refractivity contribution in [3.8, 4) is 0 Å². The van der Waals surface area contributed by atoms with Gasteiger partial charge in [-0.1, -0.05) is 25.1 Å². The van der Waals surface area contributed by atoms with Crippen LogP contribution in [-0.2, 0) is 12.0 Å². The minimum Gasteiger partial charge on any atom is -0.385 e. The third-order valence-corrected chi connectivity index (χ3v) is 4.80. The lowest BCUT2D eigenvalue weighted by molar-refractivity contribution is -0.0461. The first-order chi connectivity index (χ1) is 9.26. The van der Waals surface area contributed by atoms with E-state index in [1.54, 1.807) is 0 Å². The van der Waals surface area contributed by atoms with Gasteiger partial charge in [-0.25, -0.2) is 0 Å². The average molecular weight is 275 g/mol. The summed E-state index contributed by atoms with van der Waals surface area (Å²) in [5.41, 5.74) is 3.34. The Morgan fingerprint density at radius 2 is 1.80 bits per heavy atom. The monoisotopic (exact) mass is 275 g/mol. The molecular weight excluding hydrogens is 246 g/mol. The highest BCUT2D eigenvalue weighted by atomic mass is 16.3. The van der Waals surface area contributed by atoms with Crippen LogP contribution in [0.5, 0.6) is 0 Å². The molecule has 112 valence electrons. The van der Waals surface area contributed by atoms with Crippen LogP contribution in [0.3, 0.4) is 0 Å². The number of likely N-dealkylation sites (tertiary alicyclic amines) is 1. The topological polar surface area (TPSA) is 23.5 Å². The summed E-state index contributed by atoms with van der Waals surface area (Å²) in [7, 11) is 0. The van der Waals surface area contributed by atoms with Crippen LogP contribution in [0.4, 0.5) is 0 Å². The van der Waals surface area contributed by atoms with E-state index in [4.69, 9.17) is 0 Å². The van der Waals surface area contributed by atoms with Gasteiger partial charge in [0.15, 0.2) is 0 Å². The highest BCUT2D eigenvalue weighted by molar-refractivity contribution is 5.34. The van der Waals surface area contributed by atoms with Gasteiger partial charge in [-0.2, -0.15) is 0 Å². The maximum Gasteiger partial charge on any atom is 0.0921 e. The Bertz CT molecular complexity index is 465. The third kappa shape index (κ3) is 3.07. The molecule has 1 aliphatic rings. The van der Waals surface area contributed by atoms with Crippen LogP contribution in [0.2, 0.25) is 0 Å². The number of benzene rings is 1. The van der Waals surface area contributed by atoms with E-state index in [2.05, 4.69) is 57.7 Å². The molecule has 1 fully saturated rings. The summed E-state index contributed by atoms with van der Waals surface area (Å²) in [4.78, 5) is 2.47. The minimum absolute atomic E-state index is 0.198. The minimum atomic E-state index is -0.640. The van der Waals surface area contributed by atoms with Gasteiger partial charge in [0, 0.05) is 18.6 Å². The Morgan fingerprint density at radius 3 is 2.25 bits per heavy atom. The molecule has 1 aromatic rings. The number of rotatable bonds is 2. The predicted octanol–water partition coefficient (Wildman–Crippen LogP) is 3.64. The summed E-state index contributed by atoms with van der Waals surface area (Å²) < 4.78 is 0. The lowest BCUT2D eigenvalue weighted by Gasteiger charge is -2.44. The number of piperidine rings is 1. The molecule has 2 rings (SSSR count). The largest absolute Gasteiger partial charge is 0.385 e. The molecular formula is C18H29NO. The van der Waals surface area contributed by atoms with Crippen molar-refractivity contribution < 1.29 is 5.11 Å². The summed E-state index contributed by atoms with van der Waals surface area (Å²) in [5.74, 6) is 0. The smallest absolute Gasteiger partial charge is 0.0921 e. The summed E-state index contributed by atoms with van der Waals surface area (Å²) >= 11 is 0. The summed E-state index contributed by atoms with van der Waals surface area (Å²) in [6, 6.07) is 6.49. The van der Waals surface area contributed by atoms with Crippen LogP contribution in [0.1, 0.15) is 57.2 Å². The average Bonchev–Trinajstić information content (AvgIpc) is 2.38. The first kappa shape index (κ1) is 15.5. The van der Waals surface area contributed by atoms with Gasteiger partial charge in [0.05, 0.1) is 5.60 Å². The van der Waals surface area contributed by atoms with Crippen LogP contribution < -0.4 is 0 Å². The summed E-state index contributed by atoms with van der Waals surface area (Å²) in [5, 5.41) is 11.0. The van der Waals surface area contributed by atoms with Crippen molar-refractivity contribution in [2.45, 2.75) is 65.0 Å². The zero-order chi connectivity index (χ0) is 15.0. The Balaban J connectivity index is 2.15. The van der Waals surface area contributed by atoms with Crippen LogP contribution >= 0.6 is 0 Å². The van der Waals surface area contributed by atoms with E-state index < -0.39 is 5.60 Å². The Labute approximate surface area is 123 Å². The maximum atomic E-state index is 11.0. The number of hydrogen-bond acceptors (Lipinski definition) is 2. The maximum absolute atomic E-state index is 11.0. The van der Waals surface area contributed by atoms with E-state index in [1.165, 1.54) is 11.1 Å². The first-order valence-corrected chi connectivity index (χ1v) is 7.84. The van der Waals surface area contributed by atoms with Gasteiger partial charge < -0.3 is 5.11 Å². The fraction of sp³-hybridized carbons (Fsp3) is 0.667. The van der Waals surface area contributed by atoms with E-state index in [0.717, 1.165) is 37.9 Å². The van der Waals surface area contributed by atoms with Gasteiger partial charge in [0.2, 0.25) is 0 Å². The SMILES string of the molecule is CCc1ccc(C2(O)CCN(C(C)(C)C)CC2)cc1C. The van der Waals surface area contributed by atoms with Crippen molar-refractivity contribution in [3.05, 3.63) is 34.9 Å². The van der Waals surface area contributed by atoms with Gasteiger partial charge in [0.25, 0.3) is 0 Å². The van der Waals surface area contributed by atoms with Crippen LogP contribution in [0.25, 0.3) is 0 Å². The molecule has 1 aliphatic heterocycles.